The molecule has 0 spiro atoms. The second-order valence-corrected chi connectivity index (χ2v) is 6.41. The van der Waals surface area contributed by atoms with Gasteiger partial charge >= 0.3 is 0 Å². The second-order valence-electron chi connectivity index (χ2n) is 5.35. The van der Waals surface area contributed by atoms with E-state index in [0.717, 1.165) is 6.61 Å². The van der Waals surface area contributed by atoms with Gasteiger partial charge in [0, 0.05) is 17.7 Å². The van der Waals surface area contributed by atoms with Crippen molar-refractivity contribution in [1.82, 2.24) is 4.31 Å². The third-order valence-electron chi connectivity index (χ3n) is 3.92. The van der Waals surface area contributed by atoms with Gasteiger partial charge in [-0.15, -0.1) is 0 Å². The zero-order valence-electron chi connectivity index (χ0n) is 12.5. The number of hydrogen-bond acceptors (Lipinski definition) is 3. The second kappa shape index (κ2) is 5.67. The molecule has 1 heterocycles. The highest BCUT2D eigenvalue weighted by molar-refractivity contribution is 7.97. The molecule has 0 saturated heterocycles. The van der Waals surface area contributed by atoms with E-state index >= 15 is 0 Å². The highest BCUT2D eigenvalue weighted by atomic mass is 32.2. The van der Waals surface area contributed by atoms with Crippen molar-refractivity contribution in [1.29, 1.82) is 0 Å². The topological polar surface area (TPSA) is 12.5 Å². The molecule has 1 aliphatic heterocycles. The first kappa shape index (κ1) is 13.7. The normalized spacial score (nSPS) is 13.8. The fourth-order valence-corrected chi connectivity index (χ4v) is 3.80. The molecule has 0 N–H and O–H groups in total. The lowest BCUT2D eigenvalue weighted by Gasteiger charge is -2.24. The van der Waals surface area contributed by atoms with Crippen LogP contribution in [0, 0.1) is 0 Å². The molecule has 110 valence electrons. The Morgan fingerprint density at radius 3 is 2.64 bits per heavy atom. The summed E-state index contributed by atoms with van der Waals surface area (Å²) in [5.74, 6) is 0. The largest absolute Gasteiger partial charge is 0.361 e. The molecular weight excluding hydrogens is 290 g/mol. The number of benzene rings is 3. The van der Waals surface area contributed by atoms with Gasteiger partial charge in [-0.25, -0.2) is 0 Å². The quantitative estimate of drug-likeness (QED) is 0.482. The van der Waals surface area contributed by atoms with Gasteiger partial charge in [0.1, 0.15) is 6.73 Å². The highest BCUT2D eigenvalue weighted by Crippen LogP contribution is 2.39. The first-order chi connectivity index (χ1) is 10.8. The summed E-state index contributed by atoms with van der Waals surface area (Å²) in [7, 11) is 0. The Labute approximate surface area is 134 Å². The van der Waals surface area contributed by atoms with Crippen molar-refractivity contribution in [2.45, 2.75) is 11.8 Å². The molecule has 3 heteroatoms. The number of ether oxygens (including phenoxy) is 1. The van der Waals surface area contributed by atoms with E-state index in [1.54, 1.807) is 11.9 Å². The number of hydrogen-bond donors (Lipinski definition) is 0. The summed E-state index contributed by atoms with van der Waals surface area (Å²) >= 11 is 1.76. The monoisotopic (exact) mass is 307 g/mol. The van der Waals surface area contributed by atoms with E-state index in [-0.39, 0.29) is 0 Å². The molecule has 0 atom stereocenters. The summed E-state index contributed by atoms with van der Waals surface area (Å²) in [6.45, 7) is 3.37. The van der Waals surface area contributed by atoms with Gasteiger partial charge in [-0.05, 0) is 64.2 Å². The van der Waals surface area contributed by atoms with Crippen molar-refractivity contribution in [2.24, 2.45) is 0 Å². The minimum atomic E-state index is 0.612. The van der Waals surface area contributed by atoms with Crippen LogP contribution in [0.1, 0.15) is 12.5 Å². The van der Waals surface area contributed by atoms with E-state index in [2.05, 4.69) is 65.1 Å². The molecular formula is C19H17NOS. The maximum absolute atomic E-state index is 5.52. The van der Waals surface area contributed by atoms with E-state index in [1.807, 2.05) is 6.92 Å². The summed E-state index contributed by atoms with van der Waals surface area (Å²) in [4.78, 5) is 1.31. The predicted molar refractivity (Wildman–Crippen MR) is 94.7 cm³/mol. The Morgan fingerprint density at radius 1 is 1.00 bits per heavy atom. The summed E-state index contributed by atoms with van der Waals surface area (Å²) in [5.41, 5.74) is 1.28. The minimum Gasteiger partial charge on any atom is -0.361 e. The van der Waals surface area contributed by atoms with Crippen molar-refractivity contribution in [3.63, 3.8) is 0 Å². The maximum atomic E-state index is 5.52. The van der Waals surface area contributed by atoms with Crippen molar-refractivity contribution >= 4 is 39.6 Å². The van der Waals surface area contributed by atoms with Gasteiger partial charge in [-0.1, -0.05) is 36.4 Å². The average molecular weight is 307 g/mol. The lowest BCUT2D eigenvalue weighted by molar-refractivity contribution is 0.104. The van der Waals surface area contributed by atoms with Gasteiger partial charge in [0.05, 0.1) is 0 Å². The zero-order chi connectivity index (χ0) is 14.9. The number of nitrogens with zero attached hydrogens (tertiary/aromatic N) is 1. The Morgan fingerprint density at radius 2 is 1.82 bits per heavy atom. The Kier molecular flexibility index (Phi) is 3.53. The van der Waals surface area contributed by atoms with Gasteiger partial charge in [0.2, 0.25) is 0 Å². The molecule has 0 unspecified atom stereocenters. The highest BCUT2D eigenvalue weighted by Gasteiger charge is 2.15. The molecule has 3 aromatic rings. The van der Waals surface area contributed by atoms with Crippen LogP contribution in [0.25, 0.3) is 27.6 Å². The number of rotatable bonds is 3. The van der Waals surface area contributed by atoms with E-state index < -0.39 is 0 Å². The maximum Gasteiger partial charge on any atom is 0.128 e. The average Bonchev–Trinajstić information content (AvgIpc) is 2.58. The molecule has 3 aromatic carbocycles. The van der Waals surface area contributed by atoms with E-state index in [0.29, 0.717) is 6.73 Å². The van der Waals surface area contributed by atoms with Crippen LogP contribution in [0.2, 0.25) is 0 Å². The van der Waals surface area contributed by atoms with Gasteiger partial charge in [-0.2, -0.15) is 0 Å². The summed E-state index contributed by atoms with van der Waals surface area (Å²) in [6.07, 6.45) is 4.26. The molecule has 2 nitrogen and oxygen atoms in total. The SMILES string of the molecule is CCOCN1C=Cc2ccc3cc4ccccc4cc3c2S1. The van der Waals surface area contributed by atoms with Gasteiger partial charge in [0.15, 0.2) is 0 Å². The molecule has 0 amide bonds. The van der Waals surface area contributed by atoms with Crippen LogP contribution in [0.3, 0.4) is 0 Å². The van der Waals surface area contributed by atoms with Crippen molar-refractivity contribution < 1.29 is 4.74 Å². The molecule has 0 aromatic heterocycles. The molecule has 0 radical (unpaired) electrons. The summed E-state index contributed by atoms with van der Waals surface area (Å²) < 4.78 is 7.66. The van der Waals surface area contributed by atoms with Crippen LogP contribution < -0.4 is 0 Å². The van der Waals surface area contributed by atoms with Crippen molar-refractivity contribution in [3.05, 3.63) is 60.3 Å². The lowest BCUT2D eigenvalue weighted by Crippen LogP contribution is -2.15. The molecule has 1 aliphatic rings. The zero-order valence-corrected chi connectivity index (χ0v) is 13.3. The molecule has 0 aliphatic carbocycles. The number of fused-ring (bicyclic) bond motifs is 4. The third kappa shape index (κ3) is 2.36. The molecule has 4 rings (SSSR count). The van der Waals surface area contributed by atoms with Crippen LogP contribution >= 0.6 is 11.9 Å². The van der Waals surface area contributed by atoms with E-state index in [4.69, 9.17) is 4.74 Å². The summed E-state index contributed by atoms with van der Waals surface area (Å²) in [5, 5.41) is 5.18. The Balaban J connectivity index is 1.85. The van der Waals surface area contributed by atoms with Gasteiger partial charge in [0.25, 0.3) is 0 Å². The fraction of sp³-hybridized carbons (Fsp3) is 0.158. The lowest BCUT2D eigenvalue weighted by atomic mass is 10.0. The van der Waals surface area contributed by atoms with Crippen molar-refractivity contribution in [3.8, 4) is 0 Å². The van der Waals surface area contributed by atoms with E-state index in [1.165, 1.54) is 32.0 Å². The standard InChI is InChI=1S/C19H17NOS/c1-2-21-13-20-10-9-14-7-8-17-11-15-5-3-4-6-16(15)12-18(17)19(14)22-20/h3-12H,2,13H2,1H3. The first-order valence-corrected chi connectivity index (χ1v) is 8.28. The Bertz CT molecular complexity index is 872. The molecule has 0 bridgehead atoms. The van der Waals surface area contributed by atoms with Gasteiger partial charge in [-0.3, -0.25) is 4.31 Å². The first-order valence-electron chi connectivity index (χ1n) is 7.51. The molecule has 0 fully saturated rings. The smallest absolute Gasteiger partial charge is 0.128 e. The fourth-order valence-electron chi connectivity index (χ4n) is 2.80. The summed E-state index contributed by atoms with van der Waals surface area (Å²) in [6, 6.07) is 17.5. The molecule has 22 heavy (non-hydrogen) atoms. The van der Waals surface area contributed by atoms with Crippen LogP contribution in [0.4, 0.5) is 0 Å². The Hall–Kier alpha value is -1.97. The minimum absolute atomic E-state index is 0.612. The van der Waals surface area contributed by atoms with Crippen LogP contribution in [-0.2, 0) is 4.74 Å². The van der Waals surface area contributed by atoms with Crippen LogP contribution in [0.5, 0.6) is 0 Å². The van der Waals surface area contributed by atoms with Gasteiger partial charge < -0.3 is 4.74 Å². The van der Waals surface area contributed by atoms with Crippen LogP contribution in [-0.4, -0.2) is 17.6 Å². The molecule has 0 saturated carbocycles. The van der Waals surface area contributed by atoms with E-state index in [9.17, 15) is 0 Å². The van der Waals surface area contributed by atoms with Crippen LogP contribution in [0.15, 0.2) is 59.6 Å². The van der Waals surface area contributed by atoms with Crippen molar-refractivity contribution in [2.75, 3.05) is 13.3 Å². The predicted octanol–water partition coefficient (Wildman–Crippen LogP) is 5.28. The third-order valence-corrected chi connectivity index (χ3v) is 5.02.